The molecule has 1 aromatic heterocycles. The van der Waals surface area contributed by atoms with E-state index in [0.717, 1.165) is 37.2 Å². The number of piperidine rings is 1. The fourth-order valence-corrected chi connectivity index (χ4v) is 3.51. The van der Waals surface area contributed by atoms with Crippen molar-refractivity contribution >= 4 is 42.5 Å². The Morgan fingerprint density at radius 2 is 2.17 bits per heavy atom. The molecule has 1 saturated heterocycles. The number of thioether (sulfide) groups is 1. The van der Waals surface area contributed by atoms with Gasteiger partial charge in [0.15, 0.2) is 0 Å². The Labute approximate surface area is 160 Å². The van der Waals surface area contributed by atoms with E-state index >= 15 is 0 Å². The topological polar surface area (TPSA) is 63.2 Å². The van der Waals surface area contributed by atoms with E-state index in [4.69, 9.17) is 4.74 Å². The number of amides is 1. The Morgan fingerprint density at radius 1 is 1.42 bits per heavy atom. The highest BCUT2D eigenvalue weighted by Crippen LogP contribution is 2.28. The summed E-state index contributed by atoms with van der Waals surface area (Å²) >= 11 is 1.62. The molecule has 8 heteroatoms. The number of hydrogen-bond acceptors (Lipinski definition) is 5. The van der Waals surface area contributed by atoms with Gasteiger partial charge in [0.1, 0.15) is 0 Å². The number of rotatable bonds is 8. The van der Waals surface area contributed by atoms with Crippen molar-refractivity contribution in [3.63, 3.8) is 0 Å². The predicted octanol–water partition coefficient (Wildman–Crippen LogP) is 2.29. The number of carbonyl (C=O) groups excluding carboxylic acids is 1. The number of carbonyl (C=O) groups is 1. The second-order valence-corrected chi connectivity index (χ2v) is 6.80. The summed E-state index contributed by atoms with van der Waals surface area (Å²) in [6.45, 7) is 3.40. The van der Waals surface area contributed by atoms with E-state index in [2.05, 4.69) is 15.6 Å². The molecule has 0 aromatic carbocycles. The first kappa shape index (κ1) is 23.5. The molecule has 0 bridgehead atoms. The zero-order chi connectivity index (χ0) is 15.7. The molecular formula is C16H27Cl2N3O2S. The van der Waals surface area contributed by atoms with Gasteiger partial charge in [-0.25, -0.2) is 0 Å². The molecule has 24 heavy (non-hydrogen) atoms. The van der Waals surface area contributed by atoms with Crippen molar-refractivity contribution in [2.24, 2.45) is 5.41 Å². The van der Waals surface area contributed by atoms with Crippen LogP contribution in [0.4, 0.5) is 0 Å². The van der Waals surface area contributed by atoms with Crippen molar-refractivity contribution in [2.75, 3.05) is 39.1 Å². The van der Waals surface area contributed by atoms with E-state index in [0.29, 0.717) is 18.9 Å². The minimum absolute atomic E-state index is 0. The monoisotopic (exact) mass is 395 g/mol. The lowest BCUT2D eigenvalue weighted by Crippen LogP contribution is -2.47. The molecule has 2 N–H and O–H groups in total. The lowest BCUT2D eigenvalue weighted by molar-refractivity contribution is -0.119. The highest BCUT2D eigenvalue weighted by molar-refractivity contribution is 7.99. The van der Waals surface area contributed by atoms with Crippen molar-refractivity contribution in [2.45, 2.75) is 18.6 Å². The summed E-state index contributed by atoms with van der Waals surface area (Å²) < 4.78 is 5.36. The lowest BCUT2D eigenvalue weighted by atomic mass is 9.79. The molecule has 0 aliphatic carbocycles. The third kappa shape index (κ3) is 8.03. The molecular weight excluding hydrogens is 369 g/mol. The number of aromatic nitrogens is 1. The first-order chi connectivity index (χ1) is 10.7. The van der Waals surface area contributed by atoms with Gasteiger partial charge in [-0.05, 0) is 37.6 Å². The summed E-state index contributed by atoms with van der Waals surface area (Å²) in [6.07, 6.45) is 5.69. The number of pyridine rings is 1. The first-order valence-electron chi connectivity index (χ1n) is 7.67. The van der Waals surface area contributed by atoms with Crippen LogP contribution in [0.2, 0.25) is 0 Å². The van der Waals surface area contributed by atoms with Crippen LogP contribution in [-0.2, 0) is 15.3 Å². The molecule has 0 spiro atoms. The summed E-state index contributed by atoms with van der Waals surface area (Å²) in [5, 5.41) is 6.44. The van der Waals surface area contributed by atoms with Gasteiger partial charge in [-0.3, -0.25) is 9.78 Å². The van der Waals surface area contributed by atoms with Crippen LogP contribution in [-0.4, -0.2) is 50.0 Å². The summed E-state index contributed by atoms with van der Waals surface area (Å²) in [5.41, 5.74) is 1.23. The van der Waals surface area contributed by atoms with Crippen LogP contribution in [0.1, 0.15) is 18.4 Å². The van der Waals surface area contributed by atoms with Gasteiger partial charge in [0.25, 0.3) is 0 Å². The molecule has 0 unspecified atom stereocenters. The smallest absolute Gasteiger partial charge is 0.230 e. The maximum absolute atomic E-state index is 12.0. The summed E-state index contributed by atoms with van der Waals surface area (Å²) in [4.78, 5) is 16.1. The quantitative estimate of drug-likeness (QED) is 0.706. The number of hydrogen-bond donors (Lipinski definition) is 2. The molecule has 0 atom stereocenters. The van der Waals surface area contributed by atoms with Gasteiger partial charge in [-0.2, -0.15) is 0 Å². The van der Waals surface area contributed by atoms with Gasteiger partial charge in [0.05, 0.1) is 12.4 Å². The van der Waals surface area contributed by atoms with Gasteiger partial charge in [-0.1, -0.05) is 6.07 Å². The first-order valence-corrected chi connectivity index (χ1v) is 8.83. The fraction of sp³-hybridized carbons (Fsp3) is 0.625. The minimum Gasteiger partial charge on any atom is -0.384 e. The van der Waals surface area contributed by atoms with Crippen LogP contribution in [0, 0.1) is 5.41 Å². The maximum Gasteiger partial charge on any atom is 0.230 e. The van der Waals surface area contributed by atoms with E-state index in [-0.39, 0.29) is 36.1 Å². The van der Waals surface area contributed by atoms with Crippen LogP contribution in [0.25, 0.3) is 0 Å². The van der Waals surface area contributed by atoms with Gasteiger partial charge in [0, 0.05) is 37.2 Å². The highest BCUT2D eigenvalue weighted by Gasteiger charge is 2.32. The van der Waals surface area contributed by atoms with Crippen LogP contribution in [0.5, 0.6) is 0 Å². The Morgan fingerprint density at radius 3 is 2.79 bits per heavy atom. The molecule has 0 radical (unpaired) electrons. The van der Waals surface area contributed by atoms with Crippen LogP contribution in [0.3, 0.4) is 0 Å². The van der Waals surface area contributed by atoms with Crippen LogP contribution in [0.15, 0.2) is 24.5 Å². The number of halogens is 2. The van der Waals surface area contributed by atoms with Crippen molar-refractivity contribution in [1.82, 2.24) is 15.6 Å². The lowest BCUT2D eigenvalue weighted by Gasteiger charge is -2.37. The van der Waals surface area contributed by atoms with Crippen molar-refractivity contribution < 1.29 is 9.53 Å². The number of nitrogens with one attached hydrogen (secondary N) is 2. The number of nitrogens with zero attached hydrogens (tertiary/aromatic N) is 1. The van der Waals surface area contributed by atoms with Gasteiger partial charge in [0.2, 0.25) is 5.91 Å². The summed E-state index contributed by atoms with van der Waals surface area (Å²) in [6, 6.07) is 3.95. The van der Waals surface area contributed by atoms with Crippen molar-refractivity contribution in [3.8, 4) is 0 Å². The van der Waals surface area contributed by atoms with Crippen LogP contribution >= 0.6 is 36.6 Å². The zero-order valence-electron chi connectivity index (χ0n) is 14.0. The Bertz CT molecular complexity index is 454. The molecule has 2 rings (SSSR count). The van der Waals surface area contributed by atoms with Crippen LogP contribution < -0.4 is 10.6 Å². The molecule has 1 amide bonds. The standard InChI is InChI=1S/C16H25N3O2S.2ClH/c1-21-13-16(4-7-17-8-5-16)12-19-15(20)11-22-10-14-3-2-6-18-9-14;;/h2-3,6,9,17H,4-5,7-8,10-13H2,1H3,(H,19,20);2*1H. The molecule has 1 aliphatic heterocycles. The molecule has 1 aromatic rings. The SMILES string of the molecule is COCC1(CNC(=O)CSCc2cccnc2)CCNCC1.Cl.Cl. The molecule has 1 fully saturated rings. The number of methoxy groups -OCH3 is 1. The normalized spacial score (nSPS) is 15.7. The molecule has 1 aliphatic rings. The maximum atomic E-state index is 12.0. The average molecular weight is 396 g/mol. The molecule has 0 saturated carbocycles. The molecule has 2 heterocycles. The Kier molecular flexibility index (Phi) is 12.5. The fourth-order valence-electron chi connectivity index (χ4n) is 2.72. The second-order valence-electron chi connectivity index (χ2n) is 5.81. The van der Waals surface area contributed by atoms with E-state index < -0.39 is 0 Å². The molecule has 138 valence electrons. The van der Waals surface area contributed by atoms with Crippen molar-refractivity contribution in [3.05, 3.63) is 30.1 Å². The minimum atomic E-state index is 0. The summed E-state index contributed by atoms with van der Waals surface area (Å²) in [7, 11) is 1.73. The van der Waals surface area contributed by atoms with Gasteiger partial charge in [-0.15, -0.1) is 36.6 Å². The van der Waals surface area contributed by atoms with E-state index in [1.165, 1.54) is 0 Å². The summed E-state index contributed by atoms with van der Waals surface area (Å²) in [5.74, 6) is 1.40. The molecule has 5 nitrogen and oxygen atoms in total. The zero-order valence-corrected chi connectivity index (χ0v) is 16.4. The second kappa shape index (κ2) is 12.8. The Balaban J connectivity index is 0.00000264. The Hall–Kier alpha value is -0.530. The third-order valence-electron chi connectivity index (χ3n) is 4.00. The van der Waals surface area contributed by atoms with E-state index in [1.807, 2.05) is 18.3 Å². The van der Waals surface area contributed by atoms with E-state index in [1.54, 1.807) is 25.1 Å². The average Bonchev–Trinajstić information content (AvgIpc) is 2.55. The third-order valence-corrected chi connectivity index (χ3v) is 5.00. The van der Waals surface area contributed by atoms with Gasteiger partial charge < -0.3 is 15.4 Å². The predicted molar refractivity (Wildman–Crippen MR) is 104 cm³/mol. The van der Waals surface area contributed by atoms with Gasteiger partial charge >= 0.3 is 0 Å². The van der Waals surface area contributed by atoms with Crippen molar-refractivity contribution in [1.29, 1.82) is 0 Å². The number of ether oxygens (including phenoxy) is 1. The van der Waals surface area contributed by atoms with E-state index in [9.17, 15) is 4.79 Å². The largest absolute Gasteiger partial charge is 0.384 e. The highest BCUT2D eigenvalue weighted by atomic mass is 35.5.